The molecular weight excluding hydrogens is 307 g/mol. The van der Waals surface area contributed by atoms with Crippen molar-refractivity contribution >= 4 is 33.6 Å². The van der Waals surface area contributed by atoms with Crippen molar-refractivity contribution in [2.45, 2.75) is 19.4 Å². The first kappa shape index (κ1) is 14.4. The van der Waals surface area contributed by atoms with Crippen LogP contribution in [-0.4, -0.2) is 23.1 Å². The summed E-state index contributed by atoms with van der Waals surface area (Å²) in [7, 11) is 0. The fraction of sp³-hybridized carbons (Fsp3) is 0.273. The summed E-state index contributed by atoms with van der Waals surface area (Å²) in [4.78, 5) is 22.2. The number of nitrogens with one attached hydrogen (secondary N) is 2. The van der Waals surface area contributed by atoms with Crippen LogP contribution in [0.2, 0.25) is 0 Å². The van der Waals surface area contributed by atoms with Gasteiger partial charge in [-0.15, -0.1) is 0 Å². The van der Waals surface area contributed by atoms with E-state index in [1.54, 1.807) is 13.0 Å². The van der Waals surface area contributed by atoms with Gasteiger partial charge in [0, 0.05) is 4.47 Å². The Balaban J connectivity index is 2.73. The smallest absolute Gasteiger partial charge is 0.326 e. The van der Waals surface area contributed by atoms with Gasteiger partial charge in [0.15, 0.2) is 0 Å². The van der Waals surface area contributed by atoms with Crippen molar-refractivity contribution in [3.63, 3.8) is 0 Å². The fourth-order valence-electron chi connectivity index (χ4n) is 1.26. The Labute approximate surface area is 112 Å². The Hall–Kier alpha value is -1.63. The topological polar surface area (TPSA) is 78.4 Å². The molecule has 1 aromatic carbocycles. The van der Waals surface area contributed by atoms with Crippen molar-refractivity contribution in [3.8, 4) is 0 Å². The summed E-state index contributed by atoms with van der Waals surface area (Å²) in [5.41, 5.74) is -0.0322. The molecule has 0 unspecified atom stereocenters. The summed E-state index contributed by atoms with van der Waals surface area (Å²) in [5.74, 6) is -1.75. The minimum Gasteiger partial charge on any atom is -0.480 e. The van der Waals surface area contributed by atoms with Gasteiger partial charge in [0.1, 0.15) is 11.9 Å². The van der Waals surface area contributed by atoms with Gasteiger partial charge >= 0.3 is 12.0 Å². The molecule has 0 saturated heterocycles. The predicted molar refractivity (Wildman–Crippen MR) is 68.0 cm³/mol. The van der Waals surface area contributed by atoms with E-state index in [9.17, 15) is 14.0 Å². The number of para-hydroxylation sites is 1. The molecule has 0 bridgehead atoms. The molecule has 0 aromatic heterocycles. The number of carboxylic acid groups (broad SMARTS) is 1. The molecule has 1 aromatic rings. The Morgan fingerprint density at radius 1 is 1.50 bits per heavy atom. The number of carbonyl (C=O) groups is 2. The maximum absolute atomic E-state index is 13.4. The van der Waals surface area contributed by atoms with Crippen LogP contribution in [0, 0.1) is 5.82 Å². The molecule has 0 spiro atoms. The molecule has 3 N–H and O–H groups in total. The van der Waals surface area contributed by atoms with E-state index < -0.39 is 23.9 Å². The van der Waals surface area contributed by atoms with E-state index >= 15 is 0 Å². The minimum atomic E-state index is -1.14. The molecule has 0 aliphatic rings. The molecule has 0 aliphatic carbocycles. The van der Waals surface area contributed by atoms with E-state index in [4.69, 9.17) is 5.11 Å². The number of urea groups is 1. The maximum atomic E-state index is 13.4. The summed E-state index contributed by atoms with van der Waals surface area (Å²) in [6.45, 7) is 1.62. The van der Waals surface area contributed by atoms with Crippen molar-refractivity contribution in [1.29, 1.82) is 0 Å². The van der Waals surface area contributed by atoms with E-state index in [1.165, 1.54) is 12.1 Å². The van der Waals surface area contributed by atoms with Crippen LogP contribution in [0.15, 0.2) is 22.7 Å². The van der Waals surface area contributed by atoms with E-state index in [1.807, 2.05) is 0 Å². The molecule has 0 radical (unpaired) electrons. The highest BCUT2D eigenvalue weighted by atomic mass is 79.9. The lowest BCUT2D eigenvalue weighted by Gasteiger charge is -2.14. The zero-order chi connectivity index (χ0) is 13.7. The third-order valence-electron chi connectivity index (χ3n) is 2.21. The summed E-state index contributed by atoms with van der Waals surface area (Å²) in [6.07, 6.45) is 0.237. The normalized spacial score (nSPS) is 11.7. The zero-order valence-corrected chi connectivity index (χ0v) is 11.1. The van der Waals surface area contributed by atoms with E-state index in [0.29, 0.717) is 4.47 Å². The molecule has 98 valence electrons. The number of amides is 2. The highest BCUT2D eigenvalue weighted by molar-refractivity contribution is 9.10. The van der Waals surface area contributed by atoms with Gasteiger partial charge in [0.2, 0.25) is 0 Å². The van der Waals surface area contributed by atoms with Gasteiger partial charge in [-0.3, -0.25) is 0 Å². The summed E-state index contributed by atoms with van der Waals surface area (Å²) in [5, 5.41) is 13.3. The number of carboxylic acids is 1. The van der Waals surface area contributed by atoms with Gasteiger partial charge in [-0.25, -0.2) is 14.0 Å². The van der Waals surface area contributed by atoms with Crippen LogP contribution in [0.25, 0.3) is 0 Å². The van der Waals surface area contributed by atoms with E-state index in [0.717, 1.165) is 0 Å². The highest BCUT2D eigenvalue weighted by Gasteiger charge is 2.18. The second kappa shape index (κ2) is 6.34. The molecule has 7 heteroatoms. The van der Waals surface area contributed by atoms with Crippen LogP contribution in [-0.2, 0) is 4.79 Å². The molecule has 0 saturated carbocycles. The minimum absolute atomic E-state index is 0.0322. The third kappa shape index (κ3) is 3.69. The second-order valence-corrected chi connectivity index (χ2v) is 4.35. The fourth-order valence-corrected chi connectivity index (χ4v) is 1.70. The van der Waals surface area contributed by atoms with Gasteiger partial charge in [-0.05, 0) is 34.5 Å². The average molecular weight is 319 g/mol. The molecule has 18 heavy (non-hydrogen) atoms. The van der Waals surface area contributed by atoms with Crippen LogP contribution in [0.1, 0.15) is 13.3 Å². The SMILES string of the molecule is CC[C@@H](NC(=O)Nc1c(F)cccc1Br)C(=O)O. The Bertz CT molecular complexity index is 447. The van der Waals surface area contributed by atoms with Crippen molar-refractivity contribution in [2.75, 3.05) is 5.32 Å². The summed E-state index contributed by atoms with van der Waals surface area (Å²) < 4.78 is 13.8. The molecule has 2 amide bonds. The van der Waals surface area contributed by atoms with Crippen molar-refractivity contribution < 1.29 is 19.1 Å². The molecule has 0 heterocycles. The van der Waals surface area contributed by atoms with Crippen molar-refractivity contribution in [1.82, 2.24) is 5.32 Å². The maximum Gasteiger partial charge on any atom is 0.326 e. The molecule has 0 fully saturated rings. The molecule has 0 aliphatic heterocycles. The quantitative estimate of drug-likeness (QED) is 0.798. The number of hydrogen-bond donors (Lipinski definition) is 3. The number of anilines is 1. The highest BCUT2D eigenvalue weighted by Crippen LogP contribution is 2.24. The number of benzene rings is 1. The first-order valence-corrected chi connectivity index (χ1v) is 5.99. The van der Waals surface area contributed by atoms with Gasteiger partial charge in [0.05, 0.1) is 5.69 Å². The lowest BCUT2D eigenvalue weighted by molar-refractivity contribution is -0.139. The Kier molecular flexibility index (Phi) is 5.08. The number of aliphatic carboxylic acids is 1. The van der Waals surface area contributed by atoms with Gasteiger partial charge in [-0.2, -0.15) is 0 Å². The second-order valence-electron chi connectivity index (χ2n) is 3.49. The lowest BCUT2D eigenvalue weighted by atomic mass is 10.2. The van der Waals surface area contributed by atoms with Crippen LogP contribution in [0.5, 0.6) is 0 Å². The first-order valence-electron chi connectivity index (χ1n) is 5.20. The molecule has 1 atom stereocenters. The van der Waals surface area contributed by atoms with Crippen LogP contribution in [0.3, 0.4) is 0 Å². The summed E-state index contributed by atoms with van der Waals surface area (Å²) in [6, 6.07) is 2.46. The number of halogens is 2. The Morgan fingerprint density at radius 3 is 2.67 bits per heavy atom. The summed E-state index contributed by atoms with van der Waals surface area (Å²) >= 11 is 3.09. The molecule has 5 nitrogen and oxygen atoms in total. The largest absolute Gasteiger partial charge is 0.480 e. The number of hydrogen-bond acceptors (Lipinski definition) is 2. The molecule has 1 rings (SSSR count). The number of rotatable bonds is 4. The third-order valence-corrected chi connectivity index (χ3v) is 2.87. The van der Waals surface area contributed by atoms with Gasteiger partial charge < -0.3 is 15.7 Å². The average Bonchev–Trinajstić information content (AvgIpc) is 2.30. The lowest BCUT2D eigenvalue weighted by Crippen LogP contribution is -2.42. The van der Waals surface area contributed by atoms with E-state index in [2.05, 4.69) is 26.6 Å². The van der Waals surface area contributed by atoms with E-state index in [-0.39, 0.29) is 12.1 Å². The first-order chi connectivity index (χ1) is 8.45. The Morgan fingerprint density at radius 2 is 2.17 bits per heavy atom. The van der Waals surface area contributed by atoms with Crippen LogP contribution < -0.4 is 10.6 Å². The van der Waals surface area contributed by atoms with Crippen LogP contribution in [0.4, 0.5) is 14.9 Å². The van der Waals surface area contributed by atoms with Crippen molar-refractivity contribution in [2.24, 2.45) is 0 Å². The molecular formula is C11H12BrFN2O3. The number of carbonyl (C=O) groups excluding carboxylic acids is 1. The zero-order valence-electron chi connectivity index (χ0n) is 9.54. The van der Waals surface area contributed by atoms with Crippen LogP contribution >= 0.6 is 15.9 Å². The van der Waals surface area contributed by atoms with Gasteiger partial charge in [0.25, 0.3) is 0 Å². The van der Waals surface area contributed by atoms with Gasteiger partial charge in [-0.1, -0.05) is 13.0 Å². The monoisotopic (exact) mass is 318 g/mol. The predicted octanol–water partition coefficient (Wildman–Crippen LogP) is 2.57. The van der Waals surface area contributed by atoms with Crippen molar-refractivity contribution in [3.05, 3.63) is 28.5 Å². The standard InChI is InChI=1S/C11H12BrFN2O3/c1-2-8(10(16)17)14-11(18)15-9-6(12)4-3-5-7(9)13/h3-5,8H,2H2,1H3,(H,16,17)(H2,14,15,18)/t8-/m1/s1.